The number of hydrogen-bond donors (Lipinski definition) is 1. The molecule has 0 aliphatic carbocycles. The van der Waals surface area contributed by atoms with Gasteiger partial charge in [-0.05, 0) is 30.0 Å². The van der Waals surface area contributed by atoms with E-state index in [0.29, 0.717) is 15.6 Å². The molecule has 15 heavy (non-hydrogen) atoms. The van der Waals surface area contributed by atoms with Crippen LogP contribution in [0, 0.1) is 17.1 Å². The van der Waals surface area contributed by atoms with Gasteiger partial charge in [0.05, 0.1) is 16.5 Å². The molecule has 0 spiro atoms. The Kier molecular flexibility index (Phi) is 2.65. The fourth-order valence-electron chi connectivity index (χ4n) is 1.00. The predicted molar refractivity (Wildman–Crippen MR) is 51.6 cm³/mol. The average molecular weight is 220 g/mol. The van der Waals surface area contributed by atoms with Gasteiger partial charge in [-0.3, -0.25) is 5.10 Å². The molecule has 0 aliphatic rings. The molecule has 2 rings (SSSR count). The highest BCUT2D eigenvalue weighted by atomic mass is 32.2. The Hall–Kier alpha value is -1.87. The number of nitrogens with zero attached hydrogens (tertiary/aromatic N) is 3. The van der Waals surface area contributed by atoms with Crippen molar-refractivity contribution in [1.29, 1.82) is 5.26 Å². The summed E-state index contributed by atoms with van der Waals surface area (Å²) in [6.45, 7) is 0. The summed E-state index contributed by atoms with van der Waals surface area (Å²) in [5.74, 6) is -0.435. The molecule has 0 aliphatic heterocycles. The summed E-state index contributed by atoms with van der Waals surface area (Å²) in [6, 6.07) is 6.16. The number of benzene rings is 1. The van der Waals surface area contributed by atoms with Crippen LogP contribution in [-0.2, 0) is 0 Å². The molecule has 1 aromatic heterocycles. The highest BCUT2D eigenvalue weighted by molar-refractivity contribution is 7.99. The van der Waals surface area contributed by atoms with E-state index in [1.54, 1.807) is 12.1 Å². The standard InChI is InChI=1S/C9H5FN4S/c10-7-3-6(4-11)1-2-8(7)15-9-12-5-13-14-9/h1-3,5H,(H,12,13,14). The van der Waals surface area contributed by atoms with Crippen LogP contribution in [0.5, 0.6) is 0 Å². The first-order valence-corrected chi connectivity index (χ1v) is 4.84. The summed E-state index contributed by atoms with van der Waals surface area (Å²) in [7, 11) is 0. The van der Waals surface area contributed by atoms with Gasteiger partial charge in [0.15, 0.2) is 5.16 Å². The summed E-state index contributed by atoms with van der Waals surface area (Å²) in [6.07, 6.45) is 1.35. The lowest BCUT2D eigenvalue weighted by Crippen LogP contribution is -1.84. The van der Waals surface area contributed by atoms with E-state index < -0.39 is 5.82 Å². The fraction of sp³-hybridized carbons (Fsp3) is 0. The third kappa shape index (κ3) is 2.14. The van der Waals surface area contributed by atoms with Crippen molar-refractivity contribution in [3.05, 3.63) is 35.9 Å². The smallest absolute Gasteiger partial charge is 0.188 e. The van der Waals surface area contributed by atoms with Crippen molar-refractivity contribution in [2.45, 2.75) is 10.1 Å². The lowest BCUT2D eigenvalue weighted by molar-refractivity contribution is 0.601. The van der Waals surface area contributed by atoms with Crippen LogP contribution in [0.4, 0.5) is 4.39 Å². The summed E-state index contributed by atoms with van der Waals surface area (Å²) in [5.41, 5.74) is 0.300. The Bertz CT molecular complexity index is 503. The second-order valence-electron chi connectivity index (χ2n) is 2.65. The number of hydrogen-bond acceptors (Lipinski definition) is 4. The second kappa shape index (κ2) is 4.11. The molecule has 0 bridgehead atoms. The van der Waals surface area contributed by atoms with Crippen molar-refractivity contribution >= 4 is 11.8 Å². The van der Waals surface area contributed by atoms with Gasteiger partial charge in [0.2, 0.25) is 0 Å². The van der Waals surface area contributed by atoms with E-state index >= 15 is 0 Å². The van der Waals surface area contributed by atoms with Gasteiger partial charge in [-0.15, -0.1) is 0 Å². The molecule has 1 heterocycles. The topological polar surface area (TPSA) is 65.4 Å². The van der Waals surface area contributed by atoms with Crippen LogP contribution in [0.3, 0.4) is 0 Å². The zero-order valence-electron chi connectivity index (χ0n) is 7.44. The number of nitrogens with one attached hydrogen (secondary N) is 1. The van der Waals surface area contributed by atoms with Gasteiger partial charge in [0.1, 0.15) is 12.1 Å². The Labute approximate surface area is 89.2 Å². The SMILES string of the molecule is N#Cc1ccc(Sc2ncn[nH]2)c(F)c1. The van der Waals surface area contributed by atoms with E-state index in [1.807, 2.05) is 6.07 Å². The van der Waals surface area contributed by atoms with Gasteiger partial charge >= 0.3 is 0 Å². The summed E-state index contributed by atoms with van der Waals surface area (Å²) >= 11 is 1.13. The van der Waals surface area contributed by atoms with Gasteiger partial charge < -0.3 is 0 Å². The first-order chi connectivity index (χ1) is 7.29. The number of rotatable bonds is 2. The third-order valence-electron chi connectivity index (χ3n) is 1.66. The van der Waals surface area contributed by atoms with E-state index in [1.165, 1.54) is 12.4 Å². The van der Waals surface area contributed by atoms with E-state index in [2.05, 4.69) is 15.2 Å². The fourth-order valence-corrected chi connectivity index (χ4v) is 1.70. The number of nitriles is 1. The molecule has 0 saturated heterocycles. The van der Waals surface area contributed by atoms with Crippen LogP contribution in [0.2, 0.25) is 0 Å². The normalized spacial score (nSPS) is 9.87. The lowest BCUT2D eigenvalue weighted by Gasteiger charge is -1.99. The van der Waals surface area contributed by atoms with Crippen LogP contribution in [0.15, 0.2) is 34.6 Å². The molecule has 0 amide bonds. The zero-order valence-corrected chi connectivity index (χ0v) is 8.25. The molecule has 0 unspecified atom stereocenters. The molecule has 1 aromatic carbocycles. The lowest BCUT2D eigenvalue weighted by atomic mass is 10.2. The van der Waals surface area contributed by atoms with Crippen LogP contribution < -0.4 is 0 Å². The van der Waals surface area contributed by atoms with Crippen LogP contribution in [-0.4, -0.2) is 15.2 Å². The summed E-state index contributed by atoms with van der Waals surface area (Å²) in [4.78, 5) is 4.27. The molecular formula is C9H5FN4S. The highest BCUT2D eigenvalue weighted by Crippen LogP contribution is 2.26. The largest absolute Gasteiger partial charge is 0.254 e. The van der Waals surface area contributed by atoms with Crippen molar-refractivity contribution in [2.75, 3.05) is 0 Å². The van der Waals surface area contributed by atoms with Crippen molar-refractivity contribution in [3.8, 4) is 6.07 Å². The molecular weight excluding hydrogens is 215 g/mol. The molecule has 0 saturated carbocycles. The van der Waals surface area contributed by atoms with Gasteiger partial charge in [-0.25, -0.2) is 9.37 Å². The van der Waals surface area contributed by atoms with Gasteiger partial charge in [-0.2, -0.15) is 10.4 Å². The summed E-state index contributed by atoms with van der Waals surface area (Å²) in [5, 5.41) is 15.3. The van der Waals surface area contributed by atoms with Gasteiger partial charge in [0.25, 0.3) is 0 Å². The van der Waals surface area contributed by atoms with E-state index in [-0.39, 0.29) is 0 Å². The molecule has 4 nitrogen and oxygen atoms in total. The van der Waals surface area contributed by atoms with Crippen molar-refractivity contribution in [2.24, 2.45) is 0 Å². The van der Waals surface area contributed by atoms with Gasteiger partial charge in [0, 0.05) is 0 Å². The first-order valence-electron chi connectivity index (χ1n) is 4.02. The minimum absolute atomic E-state index is 0.300. The average Bonchev–Trinajstić information content (AvgIpc) is 2.74. The van der Waals surface area contributed by atoms with Gasteiger partial charge in [-0.1, -0.05) is 0 Å². The molecule has 2 aromatic rings. The minimum Gasteiger partial charge on any atom is -0.254 e. The summed E-state index contributed by atoms with van der Waals surface area (Å²) < 4.78 is 13.4. The third-order valence-corrected chi connectivity index (χ3v) is 2.60. The van der Waals surface area contributed by atoms with Crippen molar-refractivity contribution in [3.63, 3.8) is 0 Å². The van der Waals surface area contributed by atoms with Crippen LogP contribution >= 0.6 is 11.8 Å². The Morgan fingerprint density at radius 1 is 1.47 bits per heavy atom. The maximum Gasteiger partial charge on any atom is 0.188 e. The molecule has 0 fully saturated rings. The van der Waals surface area contributed by atoms with Crippen molar-refractivity contribution < 1.29 is 4.39 Å². The molecule has 1 N–H and O–H groups in total. The quantitative estimate of drug-likeness (QED) is 0.840. The Balaban J connectivity index is 2.27. The monoisotopic (exact) mass is 220 g/mol. The van der Waals surface area contributed by atoms with E-state index in [0.717, 1.165) is 11.8 Å². The second-order valence-corrected chi connectivity index (χ2v) is 3.68. The number of aromatic nitrogens is 3. The van der Waals surface area contributed by atoms with E-state index in [4.69, 9.17) is 5.26 Å². The molecule has 0 atom stereocenters. The van der Waals surface area contributed by atoms with E-state index in [9.17, 15) is 4.39 Å². The molecule has 0 radical (unpaired) electrons. The van der Waals surface area contributed by atoms with Crippen LogP contribution in [0.1, 0.15) is 5.56 Å². The predicted octanol–water partition coefficient (Wildman–Crippen LogP) is 1.97. The maximum absolute atomic E-state index is 13.4. The van der Waals surface area contributed by atoms with Crippen molar-refractivity contribution in [1.82, 2.24) is 15.2 Å². The van der Waals surface area contributed by atoms with Crippen LogP contribution in [0.25, 0.3) is 0 Å². The first kappa shape index (κ1) is 9.68. The molecule has 74 valence electrons. The maximum atomic E-state index is 13.4. The molecule has 6 heteroatoms. The number of aromatic amines is 1. The Morgan fingerprint density at radius 3 is 2.93 bits per heavy atom. The number of halogens is 1. The zero-order chi connectivity index (χ0) is 10.7. The Morgan fingerprint density at radius 2 is 2.33 bits per heavy atom. The highest BCUT2D eigenvalue weighted by Gasteiger charge is 2.06. The number of H-pyrrole nitrogens is 1. The minimum atomic E-state index is -0.435.